The molecule has 0 radical (unpaired) electrons. The summed E-state index contributed by atoms with van der Waals surface area (Å²) in [6.07, 6.45) is 13.3. The summed E-state index contributed by atoms with van der Waals surface area (Å²) in [5.74, 6) is 0.306. The maximum absolute atomic E-state index is 14.2. The van der Waals surface area contributed by atoms with Crippen LogP contribution in [0.15, 0.2) is 84.2 Å². The van der Waals surface area contributed by atoms with Crippen molar-refractivity contribution in [2.24, 2.45) is 4.99 Å². The van der Waals surface area contributed by atoms with Crippen LogP contribution in [0, 0.1) is 5.82 Å². The van der Waals surface area contributed by atoms with E-state index in [9.17, 15) is 9.18 Å². The second-order valence-electron chi connectivity index (χ2n) is 9.74. The number of benzene rings is 2. The third kappa shape index (κ3) is 5.01. The number of nitrogens with zero attached hydrogens (tertiary/aromatic N) is 4. The normalized spacial score (nSPS) is 15.8. The molecule has 37 heavy (non-hydrogen) atoms. The van der Waals surface area contributed by atoms with Gasteiger partial charge in [0.1, 0.15) is 5.82 Å². The summed E-state index contributed by atoms with van der Waals surface area (Å²) in [4.78, 5) is 29.2. The predicted octanol–water partition coefficient (Wildman–Crippen LogP) is 7.02. The fourth-order valence-corrected chi connectivity index (χ4v) is 5.02. The molecule has 3 aromatic rings. The van der Waals surface area contributed by atoms with Crippen LogP contribution in [0.4, 0.5) is 16.0 Å². The Morgan fingerprint density at radius 1 is 1.19 bits per heavy atom. The summed E-state index contributed by atoms with van der Waals surface area (Å²) in [6.45, 7) is 7.10. The van der Waals surface area contributed by atoms with E-state index in [1.807, 2.05) is 18.2 Å². The Hall–Kier alpha value is -3.93. The average molecular weight is 495 g/mol. The molecule has 1 aliphatic heterocycles. The van der Waals surface area contributed by atoms with E-state index < -0.39 is 0 Å². The van der Waals surface area contributed by atoms with Gasteiger partial charge >= 0.3 is 0 Å². The molecule has 0 atom stereocenters. The SMILES string of the molecule is C=CC=NCC/C(=C\CCC)C(=O)c1ccc2c(c1)N(c1ncc(-c3ccccc3F)cn1)CC21CC1. The fraction of sp³-hybridized carbons (Fsp3) is 0.290. The van der Waals surface area contributed by atoms with Gasteiger partial charge in [-0.1, -0.05) is 62.4 Å². The van der Waals surface area contributed by atoms with Crippen molar-refractivity contribution in [2.45, 2.75) is 44.4 Å². The van der Waals surface area contributed by atoms with E-state index in [1.54, 1.807) is 42.9 Å². The number of fused-ring (bicyclic) bond motifs is 2. The number of aromatic nitrogens is 2. The van der Waals surface area contributed by atoms with Gasteiger partial charge in [-0.3, -0.25) is 9.79 Å². The first-order valence-electron chi connectivity index (χ1n) is 12.9. The van der Waals surface area contributed by atoms with Gasteiger partial charge in [0.25, 0.3) is 0 Å². The third-order valence-corrected chi connectivity index (χ3v) is 7.19. The minimum atomic E-state index is -0.299. The van der Waals surface area contributed by atoms with Gasteiger partial charge in [-0.15, -0.1) is 0 Å². The van der Waals surface area contributed by atoms with Crippen molar-refractivity contribution in [3.63, 3.8) is 0 Å². The quantitative estimate of drug-likeness (QED) is 0.173. The van der Waals surface area contributed by atoms with E-state index in [4.69, 9.17) is 0 Å². The van der Waals surface area contributed by atoms with Gasteiger partial charge in [-0.25, -0.2) is 14.4 Å². The number of hydrogen-bond acceptors (Lipinski definition) is 5. The molecular weight excluding hydrogens is 463 g/mol. The minimum Gasteiger partial charge on any atom is -0.309 e. The lowest BCUT2D eigenvalue weighted by atomic mass is 9.94. The lowest BCUT2D eigenvalue weighted by molar-refractivity contribution is 0.103. The van der Waals surface area contributed by atoms with Gasteiger partial charge in [0.05, 0.1) is 0 Å². The van der Waals surface area contributed by atoms with E-state index in [0.717, 1.165) is 43.5 Å². The predicted molar refractivity (Wildman–Crippen MR) is 147 cm³/mol. The zero-order chi connectivity index (χ0) is 25.8. The van der Waals surface area contributed by atoms with Crippen LogP contribution in [-0.4, -0.2) is 35.1 Å². The standard InChI is InChI=1S/C31H31FN4O/c1-3-5-8-22(13-17-33-16-4-2)29(37)23-11-12-26-28(18-23)36(21-31(26)14-15-31)30-34-19-24(20-35-30)25-9-6-7-10-27(25)32/h4,6-12,16,18-20H,2-3,5,13-15,17,21H2,1H3/b22-8+,33-16?. The maximum atomic E-state index is 14.2. The molecule has 6 heteroatoms. The molecule has 1 fully saturated rings. The Kier molecular flexibility index (Phi) is 7.08. The van der Waals surface area contributed by atoms with Crippen LogP contribution in [0.25, 0.3) is 11.1 Å². The molecule has 0 bridgehead atoms. The summed E-state index contributed by atoms with van der Waals surface area (Å²) < 4.78 is 14.2. The maximum Gasteiger partial charge on any atom is 0.229 e. The van der Waals surface area contributed by atoms with E-state index in [2.05, 4.69) is 39.4 Å². The van der Waals surface area contributed by atoms with E-state index >= 15 is 0 Å². The van der Waals surface area contributed by atoms with Gasteiger partial charge in [0.2, 0.25) is 5.95 Å². The highest BCUT2D eigenvalue weighted by Crippen LogP contribution is 2.57. The molecular formula is C31H31FN4O. The molecule has 1 aliphatic carbocycles. The van der Waals surface area contributed by atoms with Crippen molar-refractivity contribution < 1.29 is 9.18 Å². The van der Waals surface area contributed by atoms with Crippen LogP contribution in [0.5, 0.6) is 0 Å². The largest absolute Gasteiger partial charge is 0.309 e. The summed E-state index contributed by atoms with van der Waals surface area (Å²) in [6, 6.07) is 12.7. The van der Waals surface area contributed by atoms with Crippen molar-refractivity contribution in [1.82, 2.24) is 9.97 Å². The third-order valence-electron chi connectivity index (χ3n) is 7.19. The number of Topliss-reactive ketones (excluding diaryl/α,β-unsaturated/α-hetero) is 1. The van der Waals surface area contributed by atoms with Gasteiger partial charge in [0, 0.05) is 59.5 Å². The molecule has 1 saturated carbocycles. The first-order chi connectivity index (χ1) is 18.1. The molecule has 2 aliphatic rings. The molecule has 0 saturated heterocycles. The van der Waals surface area contributed by atoms with Gasteiger partial charge in [-0.05, 0) is 49.0 Å². The number of rotatable bonds is 10. The molecule has 2 aromatic carbocycles. The highest BCUT2D eigenvalue weighted by Gasteiger charge is 2.52. The van der Waals surface area contributed by atoms with Crippen LogP contribution in [0.1, 0.15) is 54.9 Å². The number of unbranched alkanes of at least 4 members (excludes halogenated alkanes) is 1. The van der Waals surface area contributed by atoms with Crippen LogP contribution in [0.2, 0.25) is 0 Å². The smallest absolute Gasteiger partial charge is 0.229 e. The van der Waals surface area contributed by atoms with Crippen LogP contribution < -0.4 is 4.90 Å². The lowest BCUT2D eigenvalue weighted by Gasteiger charge is -2.18. The highest BCUT2D eigenvalue weighted by atomic mass is 19.1. The van der Waals surface area contributed by atoms with Crippen molar-refractivity contribution in [2.75, 3.05) is 18.0 Å². The zero-order valence-corrected chi connectivity index (χ0v) is 21.2. The fourth-order valence-electron chi connectivity index (χ4n) is 5.02. The number of aliphatic imine (C=N–C) groups is 1. The minimum absolute atomic E-state index is 0.0394. The Morgan fingerprint density at radius 2 is 1.97 bits per heavy atom. The van der Waals surface area contributed by atoms with E-state index in [-0.39, 0.29) is 17.0 Å². The van der Waals surface area contributed by atoms with Crippen molar-refractivity contribution in [3.05, 3.63) is 96.1 Å². The summed E-state index contributed by atoms with van der Waals surface area (Å²) in [5.41, 5.74) is 4.91. The zero-order valence-electron chi connectivity index (χ0n) is 21.2. The Labute approximate surface area is 217 Å². The molecule has 0 amide bonds. The van der Waals surface area contributed by atoms with Crippen LogP contribution >= 0.6 is 0 Å². The Bertz CT molecular complexity index is 1370. The van der Waals surface area contributed by atoms with Crippen LogP contribution in [-0.2, 0) is 5.41 Å². The number of ketones is 1. The second kappa shape index (κ2) is 10.6. The number of halogens is 1. The lowest BCUT2D eigenvalue weighted by Crippen LogP contribution is -2.21. The Balaban J connectivity index is 1.44. The van der Waals surface area contributed by atoms with Crippen molar-refractivity contribution >= 4 is 23.6 Å². The van der Waals surface area contributed by atoms with Crippen LogP contribution in [0.3, 0.4) is 0 Å². The molecule has 188 valence electrons. The monoisotopic (exact) mass is 494 g/mol. The van der Waals surface area contributed by atoms with E-state index in [1.165, 1.54) is 11.6 Å². The topological polar surface area (TPSA) is 58.5 Å². The second-order valence-corrected chi connectivity index (χ2v) is 9.74. The van der Waals surface area contributed by atoms with Gasteiger partial charge in [0.15, 0.2) is 5.78 Å². The highest BCUT2D eigenvalue weighted by molar-refractivity contribution is 6.09. The number of allylic oxidation sites excluding steroid dienone is 2. The molecule has 0 N–H and O–H groups in total. The summed E-state index contributed by atoms with van der Waals surface area (Å²) >= 11 is 0. The number of carbonyl (C=O) groups is 1. The molecule has 1 aromatic heterocycles. The van der Waals surface area contributed by atoms with Crippen molar-refractivity contribution in [3.8, 4) is 11.1 Å². The first-order valence-corrected chi connectivity index (χ1v) is 12.9. The molecule has 5 rings (SSSR count). The molecule has 1 spiro atoms. The summed E-state index contributed by atoms with van der Waals surface area (Å²) in [7, 11) is 0. The average Bonchev–Trinajstić information content (AvgIpc) is 3.64. The first kappa shape index (κ1) is 24.8. The Morgan fingerprint density at radius 3 is 2.68 bits per heavy atom. The summed E-state index contributed by atoms with van der Waals surface area (Å²) in [5, 5.41) is 0. The van der Waals surface area contributed by atoms with Crippen molar-refractivity contribution in [1.29, 1.82) is 0 Å². The molecule has 5 nitrogen and oxygen atoms in total. The molecule has 2 heterocycles. The number of hydrogen-bond donors (Lipinski definition) is 0. The number of carbonyl (C=O) groups excluding carboxylic acids is 1. The molecule has 0 unspecified atom stereocenters. The van der Waals surface area contributed by atoms with Gasteiger partial charge in [-0.2, -0.15) is 0 Å². The van der Waals surface area contributed by atoms with Gasteiger partial charge < -0.3 is 4.90 Å². The number of anilines is 2. The van der Waals surface area contributed by atoms with E-state index in [0.29, 0.717) is 35.6 Å².